The molecule has 9 heteroatoms. The second kappa shape index (κ2) is 7.04. The Bertz CT molecular complexity index is 996. The molecule has 0 amide bonds. The summed E-state index contributed by atoms with van der Waals surface area (Å²) in [5.41, 5.74) is 0.502. The Morgan fingerprint density at radius 1 is 1.08 bits per heavy atom. The maximum absolute atomic E-state index is 12.7. The molecule has 0 fully saturated rings. The Morgan fingerprint density at radius 3 is 2.31 bits per heavy atom. The lowest BCUT2D eigenvalue weighted by atomic mass is 10.0. The third-order valence-corrected chi connectivity index (χ3v) is 4.98. The van der Waals surface area contributed by atoms with Crippen LogP contribution in [0.2, 0.25) is 0 Å². The number of rotatable bonds is 5. The number of hydrogen-bond donors (Lipinski definition) is 3. The quantitative estimate of drug-likeness (QED) is 0.680. The van der Waals surface area contributed by atoms with E-state index in [1.165, 1.54) is 6.07 Å². The van der Waals surface area contributed by atoms with Crippen LogP contribution in [0.3, 0.4) is 0 Å². The number of nitrogens with one attached hydrogen (secondary N) is 1. The minimum atomic E-state index is -4.22. The number of carboxylic acid groups (broad SMARTS) is 1. The third kappa shape index (κ3) is 3.77. The van der Waals surface area contributed by atoms with Crippen LogP contribution in [-0.4, -0.2) is 37.7 Å². The number of anilines is 1. The monoisotopic (exact) mass is 379 g/mol. The number of ether oxygens (including phenoxy) is 1. The van der Waals surface area contributed by atoms with E-state index < -0.39 is 27.7 Å². The van der Waals surface area contributed by atoms with Crippen molar-refractivity contribution in [2.45, 2.75) is 18.7 Å². The van der Waals surface area contributed by atoms with Gasteiger partial charge in [0.05, 0.1) is 23.3 Å². The van der Waals surface area contributed by atoms with Crippen LogP contribution in [0.1, 0.15) is 31.8 Å². The summed E-state index contributed by atoms with van der Waals surface area (Å²) in [4.78, 5) is 22.8. The highest BCUT2D eigenvalue weighted by atomic mass is 32.2. The minimum Gasteiger partial charge on any atom is -0.507 e. The normalized spacial score (nSPS) is 11.0. The molecule has 3 N–H and O–H groups in total. The number of phenols is 1. The van der Waals surface area contributed by atoms with Gasteiger partial charge in [0.1, 0.15) is 11.3 Å². The first-order valence-corrected chi connectivity index (χ1v) is 8.84. The third-order valence-electron chi connectivity index (χ3n) is 3.63. The van der Waals surface area contributed by atoms with Gasteiger partial charge in [-0.2, -0.15) is 0 Å². The molecule has 26 heavy (non-hydrogen) atoms. The molecule has 0 aliphatic rings. The molecule has 0 aliphatic heterocycles. The molecule has 0 saturated carbocycles. The number of aromatic carboxylic acids is 1. The van der Waals surface area contributed by atoms with Crippen LogP contribution in [0.5, 0.6) is 5.75 Å². The number of esters is 1. The molecular formula is C17H17NO7S. The van der Waals surface area contributed by atoms with E-state index in [0.29, 0.717) is 11.1 Å². The van der Waals surface area contributed by atoms with Crippen LogP contribution in [0.15, 0.2) is 35.2 Å². The molecule has 2 rings (SSSR count). The second-order valence-corrected chi connectivity index (χ2v) is 7.27. The zero-order valence-corrected chi connectivity index (χ0v) is 15.0. The highest BCUT2D eigenvalue weighted by molar-refractivity contribution is 7.92. The maximum atomic E-state index is 12.7. The number of hydrogen-bond acceptors (Lipinski definition) is 6. The van der Waals surface area contributed by atoms with Gasteiger partial charge in [0.2, 0.25) is 0 Å². The van der Waals surface area contributed by atoms with Crippen LogP contribution in [0.25, 0.3) is 0 Å². The van der Waals surface area contributed by atoms with E-state index in [2.05, 4.69) is 9.46 Å². The van der Waals surface area contributed by atoms with Gasteiger partial charge in [0.15, 0.2) is 0 Å². The lowest BCUT2D eigenvalue weighted by Gasteiger charge is -2.15. The smallest absolute Gasteiger partial charge is 0.341 e. The predicted octanol–water partition coefficient (Wildman–Crippen LogP) is 2.29. The van der Waals surface area contributed by atoms with Gasteiger partial charge in [-0.05, 0) is 49.2 Å². The summed E-state index contributed by atoms with van der Waals surface area (Å²) in [7, 11) is -3.12. The van der Waals surface area contributed by atoms with E-state index in [1.54, 1.807) is 19.9 Å². The van der Waals surface area contributed by atoms with E-state index >= 15 is 0 Å². The Morgan fingerprint density at radius 2 is 1.73 bits per heavy atom. The number of carbonyl (C=O) groups is 2. The molecule has 8 nitrogen and oxygen atoms in total. The second-order valence-electron chi connectivity index (χ2n) is 5.59. The largest absolute Gasteiger partial charge is 0.507 e. The van der Waals surface area contributed by atoms with Crippen molar-refractivity contribution in [3.63, 3.8) is 0 Å². The summed E-state index contributed by atoms with van der Waals surface area (Å²) >= 11 is 0. The first-order chi connectivity index (χ1) is 12.1. The maximum Gasteiger partial charge on any atom is 0.341 e. The minimum absolute atomic E-state index is 0.0733. The highest BCUT2D eigenvalue weighted by Gasteiger charge is 2.23. The summed E-state index contributed by atoms with van der Waals surface area (Å²) in [5.74, 6) is -2.62. The summed E-state index contributed by atoms with van der Waals surface area (Å²) in [6, 6.07) is 6.08. The average molecular weight is 379 g/mol. The standard InChI is InChI=1S/C17H17NO7S/c1-9-6-10(2)15(13(7-9)16(20)21)18-26(23,24)11-4-5-14(19)12(8-11)17(22)25-3/h4-8,18-19H,1-3H3,(H,20,21). The van der Waals surface area contributed by atoms with Gasteiger partial charge in [-0.3, -0.25) is 4.72 Å². The van der Waals surface area contributed by atoms with E-state index in [9.17, 15) is 28.2 Å². The number of benzene rings is 2. The Labute approximate surface area is 150 Å². The Balaban J connectivity index is 2.54. The summed E-state index contributed by atoms with van der Waals surface area (Å²) in [5, 5.41) is 19.0. The fourth-order valence-electron chi connectivity index (χ4n) is 2.42. The molecule has 2 aromatic carbocycles. The topological polar surface area (TPSA) is 130 Å². The van der Waals surface area contributed by atoms with E-state index in [1.807, 2.05) is 0 Å². The molecule has 138 valence electrons. The van der Waals surface area contributed by atoms with Gasteiger partial charge in [-0.1, -0.05) is 6.07 Å². The number of carboxylic acids is 1. The van der Waals surface area contributed by atoms with Crippen molar-refractivity contribution in [2.24, 2.45) is 0 Å². The van der Waals surface area contributed by atoms with Gasteiger partial charge in [-0.25, -0.2) is 18.0 Å². The van der Waals surface area contributed by atoms with Crippen LogP contribution in [-0.2, 0) is 14.8 Å². The van der Waals surface area contributed by atoms with Crippen molar-refractivity contribution in [1.29, 1.82) is 0 Å². The predicted molar refractivity (Wildman–Crippen MR) is 93.1 cm³/mol. The first kappa shape index (κ1) is 19.3. The van der Waals surface area contributed by atoms with E-state index in [0.717, 1.165) is 25.3 Å². The number of aromatic hydroxyl groups is 1. The molecular weight excluding hydrogens is 362 g/mol. The van der Waals surface area contributed by atoms with Gasteiger partial charge in [0.25, 0.3) is 10.0 Å². The van der Waals surface area contributed by atoms with Crippen LogP contribution < -0.4 is 4.72 Å². The lowest BCUT2D eigenvalue weighted by Crippen LogP contribution is -2.17. The molecule has 0 aromatic heterocycles. The highest BCUT2D eigenvalue weighted by Crippen LogP contribution is 2.28. The van der Waals surface area contributed by atoms with Crippen molar-refractivity contribution in [2.75, 3.05) is 11.8 Å². The summed E-state index contributed by atoms with van der Waals surface area (Å²) < 4.78 is 32.0. The fraction of sp³-hybridized carbons (Fsp3) is 0.176. The van der Waals surface area contributed by atoms with Crippen molar-refractivity contribution in [1.82, 2.24) is 0 Å². The molecule has 0 aliphatic carbocycles. The van der Waals surface area contributed by atoms with E-state index in [4.69, 9.17) is 0 Å². The van der Waals surface area contributed by atoms with Gasteiger partial charge >= 0.3 is 11.9 Å². The average Bonchev–Trinajstić information content (AvgIpc) is 2.56. The number of sulfonamides is 1. The zero-order chi connectivity index (χ0) is 19.6. The SMILES string of the molecule is COC(=O)c1cc(S(=O)(=O)Nc2c(C)cc(C)cc2C(=O)O)ccc1O. The number of carbonyl (C=O) groups excluding carboxylic acids is 1. The molecule has 0 unspecified atom stereocenters. The van der Waals surface area contributed by atoms with E-state index in [-0.39, 0.29) is 21.7 Å². The van der Waals surface area contributed by atoms with Crippen molar-refractivity contribution in [3.8, 4) is 5.75 Å². The number of methoxy groups -OCH3 is 1. The van der Waals surface area contributed by atoms with Crippen LogP contribution >= 0.6 is 0 Å². The zero-order valence-electron chi connectivity index (χ0n) is 14.2. The Hall–Kier alpha value is -3.07. The molecule has 0 bridgehead atoms. The molecule has 0 radical (unpaired) electrons. The Kier molecular flexibility index (Phi) is 5.22. The molecule has 0 spiro atoms. The number of phenolic OH excluding ortho intramolecular Hbond substituents is 1. The fourth-order valence-corrected chi connectivity index (χ4v) is 3.60. The van der Waals surface area contributed by atoms with Gasteiger partial charge in [0, 0.05) is 0 Å². The van der Waals surface area contributed by atoms with Crippen molar-refractivity contribution >= 4 is 27.6 Å². The van der Waals surface area contributed by atoms with Crippen LogP contribution in [0, 0.1) is 13.8 Å². The van der Waals surface area contributed by atoms with Crippen LogP contribution in [0.4, 0.5) is 5.69 Å². The summed E-state index contributed by atoms with van der Waals surface area (Å²) in [6.45, 7) is 3.27. The molecule has 0 saturated heterocycles. The molecule has 0 heterocycles. The molecule has 2 aromatic rings. The van der Waals surface area contributed by atoms with Crippen molar-refractivity contribution < 1.29 is 33.0 Å². The van der Waals surface area contributed by atoms with Gasteiger partial charge in [-0.15, -0.1) is 0 Å². The number of aryl methyl sites for hydroxylation is 2. The van der Waals surface area contributed by atoms with Crippen molar-refractivity contribution in [3.05, 3.63) is 52.6 Å². The molecule has 0 atom stereocenters. The lowest BCUT2D eigenvalue weighted by molar-refractivity contribution is 0.0596. The summed E-state index contributed by atoms with van der Waals surface area (Å²) in [6.07, 6.45) is 0. The van der Waals surface area contributed by atoms with Gasteiger partial charge < -0.3 is 14.9 Å². The first-order valence-electron chi connectivity index (χ1n) is 7.35.